The summed E-state index contributed by atoms with van der Waals surface area (Å²) in [4.78, 5) is 19.7. The third-order valence-electron chi connectivity index (χ3n) is 5.11. The van der Waals surface area contributed by atoms with Crippen molar-refractivity contribution in [3.63, 3.8) is 0 Å². The van der Waals surface area contributed by atoms with Gasteiger partial charge in [0.15, 0.2) is 0 Å². The number of aromatic amines is 1. The summed E-state index contributed by atoms with van der Waals surface area (Å²) in [6, 6.07) is 14.7. The Morgan fingerprint density at radius 1 is 0.972 bits per heavy atom. The number of pyridine rings is 1. The molecule has 188 valence electrons. The molecule has 6 nitrogen and oxygen atoms in total. The summed E-state index contributed by atoms with van der Waals surface area (Å²) in [5.74, 6) is 0.0787. The van der Waals surface area contributed by atoms with Crippen molar-refractivity contribution < 1.29 is 32.2 Å². The average Bonchev–Trinajstić information content (AvgIpc) is 3.18. The number of aromatic nitrogens is 2. The van der Waals surface area contributed by atoms with Crippen LogP contribution < -0.4 is 9.47 Å². The zero-order chi connectivity index (χ0) is 25.9. The molecule has 0 atom stereocenters. The van der Waals surface area contributed by atoms with Crippen molar-refractivity contribution in [2.75, 3.05) is 0 Å². The van der Waals surface area contributed by atoms with E-state index in [9.17, 15) is 18.0 Å². The average molecular weight is 499 g/mol. The van der Waals surface area contributed by atoms with Gasteiger partial charge in [0.1, 0.15) is 23.7 Å². The molecule has 0 aliphatic rings. The lowest BCUT2D eigenvalue weighted by atomic mass is 10.1. The number of rotatable bonds is 7. The number of alkyl halides is 3. The van der Waals surface area contributed by atoms with Gasteiger partial charge in [-0.2, -0.15) is 0 Å². The minimum Gasteiger partial charge on any atom is -0.489 e. The van der Waals surface area contributed by atoms with Gasteiger partial charge in [0.2, 0.25) is 0 Å². The molecule has 2 aromatic carbocycles. The minimum absolute atomic E-state index is 0.174. The largest absolute Gasteiger partial charge is 0.573 e. The number of hydrogen-bond donors (Lipinski definition) is 1. The summed E-state index contributed by atoms with van der Waals surface area (Å²) in [7, 11) is 0. The van der Waals surface area contributed by atoms with Crippen LogP contribution in [0.15, 0.2) is 67.0 Å². The monoisotopic (exact) mass is 498 g/mol. The first-order valence-corrected chi connectivity index (χ1v) is 11.2. The van der Waals surface area contributed by atoms with Gasteiger partial charge in [0.05, 0.1) is 12.1 Å². The fourth-order valence-corrected chi connectivity index (χ4v) is 3.61. The van der Waals surface area contributed by atoms with Gasteiger partial charge in [0.25, 0.3) is 0 Å². The number of ether oxygens (including phenoxy) is 3. The number of carbonyl (C=O) groups excluding carboxylic acids is 1. The number of nitrogens with zero attached hydrogens (tertiary/aromatic N) is 1. The SMILES string of the molecule is CC(C)(C)OC(=O)Cc1c[nH]c2cc(OCc3ccc(-c4ccc(OC(F)(F)F)cc4)nc3)ccc12. The molecule has 36 heavy (non-hydrogen) atoms. The van der Waals surface area contributed by atoms with E-state index in [4.69, 9.17) is 9.47 Å². The van der Waals surface area contributed by atoms with Gasteiger partial charge in [0, 0.05) is 40.5 Å². The van der Waals surface area contributed by atoms with Gasteiger partial charge < -0.3 is 19.2 Å². The Morgan fingerprint density at radius 3 is 2.33 bits per heavy atom. The number of H-pyrrole nitrogens is 1. The van der Waals surface area contributed by atoms with E-state index in [0.717, 1.165) is 22.0 Å². The van der Waals surface area contributed by atoms with E-state index >= 15 is 0 Å². The first-order valence-electron chi connectivity index (χ1n) is 11.2. The quantitative estimate of drug-likeness (QED) is 0.291. The van der Waals surface area contributed by atoms with Gasteiger partial charge in [-0.3, -0.25) is 9.78 Å². The number of hydrogen-bond acceptors (Lipinski definition) is 5. The molecular weight excluding hydrogens is 473 g/mol. The lowest BCUT2D eigenvalue weighted by Gasteiger charge is -2.19. The fourth-order valence-electron chi connectivity index (χ4n) is 3.61. The Morgan fingerprint density at radius 2 is 1.69 bits per heavy atom. The van der Waals surface area contributed by atoms with Crippen molar-refractivity contribution in [2.24, 2.45) is 0 Å². The van der Waals surface area contributed by atoms with E-state index in [1.807, 2.05) is 45.0 Å². The number of carbonyl (C=O) groups is 1. The van der Waals surface area contributed by atoms with E-state index < -0.39 is 12.0 Å². The van der Waals surface area contributed by atoms with Crippen molar-refractivity contribution in [1.82, 2.24) is 9.97 Å². The van der Waals surface area contributed by atoms with Crippen molar-refractivity contribution in [1.29, 1.82) is 0 Å². The second-order valence-corrected chi connectivity index (χ2v) is 9.20. The van der Waals surface area contributed by atoms with Crippen LogP contribution in [0.5, 0.6) is 11.5 Å². The summed E-state index contributed by atoms with van der Waals surface area (Å²) in [6.07, 6.45) is -1.10. The van der Waals surface area contributed by atoms with E-state index in [1.54, 1.807) is 18.5 Å². The molecule has 0 saturated heterocycles. The highest BCUT2D eigenvalue weighted by molar-refractivity contribution is 5.88. The summed E-state index contributed by atoms with van der Waals surface area (Å²) >= 11 is 0. The molecule has 0 saturated carbocycles. The molecule has 0 radical (unpaired) electrons. The molecule has 0 fully saturated rings. The van der Waals surface area contributed by atoms with Crippen LogP contribution in [0, 0.1) is 0 Å². The molecule has 0 spiro atoms. The highest BCUT2D eigenvalue weighted by atomic mass is 19.4. The second kappa shape index (κ2) is 9.93. The van der Waals surface area contributed by atoms with Gasteiger partial charge in [-0.05, 0) is 68.8 Å². The Labute approximate surface area is 206 Å². The lowest BCUT2D eigenvalue weighted by molar-refractivity contribution is -0.274. The molecule has 0 unspecified atom stereocenters. The van der Waals surface area contributed by atoms with Crippen LogP contribution in [0.4, 0.5) is 13.2 Å². The van der Waals surface area contributed by atoms with Crippen LogP contribution in [0.25, 0.3) is 22.2 Å². The molecule has 0 amide bonds. The smallest absolute Gasteiger partial charge is 0.489 e. The molecule has 4 aromatic rings. The Hall–Kier alpha value is -4.01. The van der Waals surface area contributed by atoms with E-state index in [0.29, 0.717) is 17.0 Å². The van der Waals surface area contributed by atoms with Crippen LogP contribution in [-0.4, -0.2) is 27.9 Å². The molecule has 0 bridgehead atoms. The van der Waals surface area contributed by atoms with Gasteiger partial charge in [-0.1, -0.05) is 6.07 Å². The summed E-state index contributed by atoms with van der Waals surface area (Å²) in [5, 5.41) is 0.922. The molecular formula is C27H25F3N2O4. The molecule has 1 N–H and O–H groups in total. The van der Waals surface area contributed by atoms with Crippen molar-refractivity contribution in [3.8, 4) is 22.8 Å². The third kappa shape index (κ3) is 6.78. The molecule has 4 rings (SSSR count). The van der Waals surface area contributed by atoms with Crippen LogP contribution in [0.3, 0.4) is 0 Å². The van der Waals surface area contributed by atoms with Gasteiger partial charge in [-0.15, -0.1) is 13.2 Å². The topological polar surface area (TPSA) is 73.4 Å². The van der Waals surface area contributed by atoms with E-state index in [-0.39, 0.29) is 24.7 Å². The summed E-state index contributed by atoms with van der Waals surface area (Å²) in [5.41, 5.74) is 3.26. The van der Waals surface area contributed by atoms with Crippen molar-refractivity contribution >= 4 is 16.9 Å². The molecule has 2 aromatic heterocycles. The number of nitrogens with one attached hydrogen (secondary N) is 1. The maximum absolute atomic E-state index is 12.3. The number of fused-ring (bicyclic) bond motifs is 1. The van der Waals surface area contributed by atoms with Gasteiger partial charge in [-0.25, -0.2) is 0 Å². The Balaban J connectivity index is 1.36. The van der Waals surface area contributed by atoms with Crippen LogP contribution in [0.2, 0.25) is 0 Å². The predicted octanol–water partition coefficient (Wildman–Crippen LogP) is 6.59. The molecule has 0 aliphatic carbocycles. The van der Waals surface area contributed by atoms with Crippen molar-refractivity contribution in [3.05, 3.63) is 78.1 Å². The van der Waals surface area contributed by atoms with E-state index in [1.165, 1.54) is 24.3 Å². The fraction of sp³-hybridized carbons (Fsp3) is 0.259. The van der Waals surface area contributed by atoms with Crippen LogP contribution in [0.1, 0.15) is 31.9 Å². The standard InChI is InChI=1S/C27H25F3N2O4/c1-26(2,3)36-25(33)12-19-15-32-24-13-21(9-10-22(19)24)34-16-17-4-11-23(31-14-17)18-5-7-20(8-6-18)35-27(28,29)30/h4-11,13-15,32H,12,16H2,1-3H3. The lowest BCUT2D eigenvalue weighted by Crippen LogP contribution is -2.24. The highest BCUT2D eigenvalue weighted by Gasteiger charge is 2.31. The zero-order valence-electron chi connectivity index (χ0n) is 20.0. The van der Waals surface area contributed by atoms with Crippen LogP contribution >= 0.6 is 0 Å². The minimum atomic E-state index is -4.73. The first kappa shape index (κ1) is 25.1. The zero-order valence-corrected chi connectivity index (χ0v) is 20.0. The maximum atomic E-state index is 12.3. The Kier molecular flexibility index (Phi) is 6.92. The normalized spacial score (nSPS) is 11.9. The van der Waals surface area contributed by atoms with Crippen LogP contribution in [-0.2, 0) is 22.6 Å². The maximum Gasteiger partial charge on any atom is 0.573 e. The summed E-state index contributed by atoms with van der Waals surface area (Å²) < 4.78 is 52.1. The summed E-state index contributed by atoms with van der Waals surface area (Å²) in [6.45, 7) is 5.78. The highest BCUT2D eigenvalue weighted by Crippen LogP contribution is 2.27. The number of esters is 1. The van der Waals surface area contributed by atoms with Crippen molar-refractivity contribution in [2.45, 2.75) is 45.8 Å². The molecule has 2 heterocycles. The van der Waals surface area contributed by atoms with Gasteiger partial charge >= 0.3 is 12.3 Å². The second-order valence-electron chi connectivity index (χ2n) is 9.20. The molecule has 9 heteroatoms. The van der Waals surface area contributed by atoms with E-state index in [2.05, 4.69) is 14.7 Å². The third-order valence-corrected chi connectivity index (χ3v) is 5.11. The number of benzene rings is 2. The predicted molar refractivity (Wildman–Crippen MR) is 129 cm³/mol. The molecule has 0 aliphatic heterocycles. The Bertz CT molecular complexity index is 1340. The number of halogens is 3. The first-order chi connectivity index (χ1) is 16.9.